The molecule has 0 spiro atoms. The topological polar surface area (TPSA) is 239 Å². The fraction of sp³-hybridized carbons (Fsp3) is 0.103. The van der Waals surface area contributed by atoms with Crippen LogP contribution in [0.2, 0.25) is 10.6 Å². The predicted octanol–water partition coefficient (Wildman–Crippen LogP) is 6.23. The van der Waals surface area contributed by atoms with Crippen LogP contribution < -0.4 is 21.3 Å². The summed E-state index contributed by atoms with van der Waals surface area (Å²) >= 11 is 12.8. The first-order valence-corrected chi connectivity index (χ1v) is 17.1. The molecule has 0 radical (unpaired) electrons. The highest BCUT2D eigenvalue weighted by molar-refractivity contribution is 7.94. The van der Waals surface area contributed by atoms with E-state index >= 15 is 0 Å². The van der Waals surface area contributed by atoms with Gasteiger partial charge in [0.15, 0.2) is 0 Å². The van der Waals surface area contributed by atoms with E-state index < -0.39 is 21.1 Å². The van der Waals surface area contributed by atoms with Crippen LogP contribution in [0, 0.1) is 0 Å². The summed E-state index contributed by atoms with van der Waals surface area (Å²) in [6, 6.07) is 18.3. The molecular weight excluding hydrogens is 735 g/mol. The molecule has 2 aromatic heterocycles. The van der Waals surface area contributed by atoms with Crippen molar-refractivity contribution in [3.63, 3.8) is 0 Å². The van der Waals surface area contributed by atoms with E-state index in [1.165, 1.54) is 24.3 Å². The fourth-order valence-electron chi connectivity index (χ4n) is 4.12. The Morgan fingerprint density at radius 3 is 1.92 bits per heavy atom. The third kappa shape index (κ3) is 10.6. The van der Waals surface area contributed by atoms with E-state index in [1.54, 1.807) is 31.2 Å². The summed E-state index contributed by atoms with van der Waals surface area (Å²) in [4.78, 5) is 24.6. The summed E-state index contributed by atoms with van der Waals surface area (Å²) in [7, 11) is -4.72. The molecule has 0 aliphatic heterocycles. The van der Waals surface area contributed by atoms with Crippen LogP contribution in [0.15, 0.2) is 76.5 Å². The lowest BCUT2D eigenvalue weighted by Gasteiger charge is -2.12. The Bertz CT molecular complexity index is 2100. The standard InChI is InChI=1S/C29H26Cl2N10O7S2/c1-16(42)15-32-26-36-24(30)37-28(40-26)35-21-12-10-18(23(14-21)50(44,45)46)8-7-17-9-11-20(13-22(17)49-48-47-43)34-29-39-25(31)38-27(41-29)33-19-5-3-2-4-6-19/h2-14,16,42-43H,15H2,1H3,(H,44,45,46)(H2,32,35,36,37,40)(H2,33,34,38,39,41)/b8-7+. The number of rotatable bonds is 15. The van der Waals surface area contributed by atoms with E-state index in [0.717, 1.165) is 5.69 Å². The maximum atomic E-state index is 12.4. The molecule has 0 saturated carbocycles. The highest BCUT2D eigenvalue weighted by Gasteiger charge is 2.17. The van der Waals surface area contributed by atoms with Crippen molar-refractivity contribution in [3.05, 3.63) is 88.4 Å². The van der Waals surface area contributed by atoms with Gasteiger partial charge in [0.25, 0.3) is 10.1 Å². The molecule has 17 nitrogen and oxygen atoms in total. The van der Waals surface area contributed by atoms with Gasteiger partial charge in [-0.3, -0.25) is 4.55 Å². The molecule has 5 rings (SSSR count). The molecule has 1 atom stereocenters. The number of anilines is 7. The highest BCUT2D eigenvalue weighted by Crippen LogP contribution is 2.31. The maximum Gasteiger partial charge on any atom is 0.295 e. The van der Waals surface area contributed by atoms with Crippen molar-refractivity contribution in [2.24, 2.45) is 0 Å². The third-order valence-corrected chi connectivity index (χ3v) is 8.13. The molecule has 0 fully saturated rings. The SMILES string of the molecule is CC(O)CNc1nc(Cl)nc(Nc2ccc(/C=C/c3ccc(Nc4nc(Cl)nc(Nc5ccccc5)n4)cc3SOOO)c(S(=O)(=O)O)c2)n1. The second-order valence-corrected chi connectivity index (χ2v) is 12.8. The van der Waals surface area contributed by atoms with Crippen LogP contribution in [0.5, 0.6) is 0 Å². The molecule has 0 amide bonds. The molecule has 2 heterocycles. The second-order valence-electron chi connectivity index (χ2n) is 10.0. The van der Waals surface area contributed by atoms with E-state index in [2.05, 4.69) is 60.5 Å². The molecule has 7 N–H and O–H groups in total. The summed E-state index contributed by atoms with van der Waals surface area (Å²) in [5.74, 6) is 0.384. The summed E-state index contributed by atoms with van der Waals surface area (Å²) in [5.41, 5.74) is 2.05. The number of hydrogen-bond donors (Lipinski definition) is 7. The average molecular weight is 762 g/mol. The quantitative estimate of drug-likeness (QED) is 0.0206. The Balaban J connectivity index is 1.38. The maximum absolute atomic E-state index is 12.4. The number of aliphatic hydroxyl groups is 1. The van der Waals surface area contributed by atoms with Gasteiger partial charge in [-0.05, 0) is 77.7 Å². The minimum atomic E-state index is -4.72. The summed E-state index contributed by atoms with van der Waals surface area (Å²) < 4.78 is 39.5. The molecule has 50 heavy (non-hydrogen) atoms. The Hall–Kier alpha value is -4.70. The zero-order valence-corrected chi connectivity index (χ0v) is 28.7. The predicted molar refractivity (Wildman–Crippen MR) is 188 cm³/mol. The molecule has 260 valence electrons. The molecule has 5 aromatic rings. The monoisotopic (exact) mass is 760 g/mol. The number of nitrogens with one attached hydrogen (secondary N) is 4. The summed E-state index contributed by atoms with van der Waals surface area (Å²) in [6.07, 6.45) is 2.32. The van der Waals surface area contributed by atoms with Crippen LogP contribution in [0.1, 0.15) is 18.1 Å². The van der Waals surface area contributed by atoms with Crippen molar-refractivity contribution in [2.75, 3.05) is 27.8 Å². The molecule has 1 unspecified atom stereocenters. The van der Waals surface area contributed by atoms with Gasteiger partial charge in [0.05, 0.1) is 18.1 Å². The smallest absolute Gasteiger partial charge is 0.295 e. The summed E-state index contributed by atoms with van der Waals surface area (Å²) in [5, 5.41) is 33.5. The van der Waals surface area contributed by atoms with Gasteiger partial charge in [-0.1, -0.05) is 47.5 Å². The van der Waals surface area contributed by atoms with Crippen molar-refractivity contribution in [3.8, 4) is 0 Å². The lowest BCUT2D eigenvalue weighted by Crippen LogP contribution is -2.17. The van der Waals surface area contributed by atoms with Gasteiger partial charge in [0, 0.05) is 28.5 Å². The third-order valence-electron chi connectivity index (χ3n) is 6.22. The zero-order valence-electron chi connectivity index (χ0n) is 25.5. The number of benzene rings is 3. The molecule has 0 bridgehead atoms. The molecule has 0 aliphatic carbocycles. The molecule has 0 aliphatic rings. The first-order chi connectivity index (χ1) is 23.9. The largest absolute Gasteiger partial charge is 0.392 e. The number of para-hydroxylation sites is 1. The Morgan fingerprint density at radius 1 is 0.780 bits per heavy atom. The zero-order chi connectivity index (χ0) is 35.7. The Kier molecular flexibility index (Phi) is 12.3. The van der Waals surface area contributed by atoms with E-state index in [0.29, 0.717) is 28.2 Å². The van der Waals surface area contributed by atoms with E-state index in [1.807, 2.05) is 30.3 Å². The van der Waals surface area contributed by atoms with E-state index in [9.17, 15) is 18.1 Å². The van der Waals surface area contributed by atoms with Crippen molar-refractivity contribution in [1.29, 1.82) is 0 Å². The first-order valence-electron chi connectivity index (χ1n) is 14.1. The second kappa shape index (κ2) is 16.8. The van der Waals surface area contributed by atoms with Gasteiger partial charge in [-0.15, -0.1) is 4.33 Å². The van der Waals surface area contributed by atoms with Crippen molar-refractivity contribution in [1.82, 2.24) is 29.9 Å². The molecule has 3 aromatic carbocycles. The van der Waals surface area contributed by atoms with Crippen molar-refractivity contribution >= 4 is 98.4 Å². The van der Waals surface area contributed by atoms with Crippen molar-refractivity contribution in [2.45, 2.75) is 22.8 Å². The van der Waals surface area contributed by atoms with Gasteiger partial charge < -0.3 is 26.4 Å². The van der Waals surface area contributed by atoms with Gasteiger partial charge in [0.2, 0.25) is 34.4 Å². The fourth-order valence-corrected chi connectivity index (χ4v) is 5.66. The van der Waals surface area contributed by atoms with Gasteiger partial charge in [-0.2, -0.15) is 38.3 Å². The number of halogens is 2. The lowest BCUT2D eigenvalue weighted by molar-refractivity contribution is -0.432. The van der Waals surface area contributed by atoms with Gasteiger partial charge >= 0.3 is 0 Å². The van der Waals surface area contributed by atoms with E-state index in [-0.39, 0.29) is 52.2 Å². The van der Waals surface area contributed by atoms with Crippen LogP contribution in [-0.4, -0.2) is 65.9 Å². The number of aliphatic hydroxyl groups excluding tert-OH is 1. The Morgan fingerprint density at radius 2 is 1.32 bits per heavy atom. The van der Waals surface area contributed by atoms with Gasteiger partial charge in [-0.25, -0.2) is 5.26 Å². The van der Waals surface area contributed by atoms with Crippen LogP contribution in [0.4, 0.5) is 40.9 Å². The number of nitrogens with zero attached hydrogens (tertiary/aromatic N) is 6. The highest BCUT2D eigenvalue weighted by atomic mass is 35.5. The van der Waals surface area contributed by atoms with E-state index in [4.69, 9.17) is 28.5 Å². The number of aromatic nitrogens is 6. The average Bonchev–Trinajstić information content (AvgIpc) is 3.06. The molecule has 21 heteroatoms. The van der Waals surface area contributed by atoms with Gasteiger partial charge in [0.1, 0.15) is 4.90 Å². The number of hydrogen-bond acceptors (Lipinski definition) is 17. The lowest BCUT2D eigenvalue weighted by atomic mass is 10.1. The Labute approximate surface area is 299 Å². The van der Waals surface area contributed by atoms with Crippen molar-refractivity contribution < 1.29 is 32.7 Å². The van der Waals surface area contributed by atoms with Crippen LogP contribution >= 0.6 is 35.2 Å². The van der Waals surface area contributed by atoms with Crippen LogP contribution in [0.25, 0.3) is 12.2 Å². The van der Waals surface area contributed by atoms with Crippen LogP contribution in [-0.2, 0) is 19.5 Å². The summed E-state index contributed by atoms with van der Waals surface area (Å²) in [6.45, 7) is 1.72. The molecular formula is C29H26Cl2N10O7S2. The molecule has 0 saturated heterocycles. The van der Waals surface area contributed by atoms with Crippen LogP contribution in [0.3, 0.4) is 0 Å². The normalized spacial score (nSPS) is 12.1. The minimum Gasteiger partial charge on any atom is -0.392 e. The first kappa shape index (κ1) is 36.6. The minimum absolute atomic E-state index is 0.0211.